The highest BCUT2D eigenvalue weighted by Crippen LogP contribution is 2.26. The standard InChI is InChI=1S/C21H23N3O3S/c1-15-6-7-20(12-16(15)2)28(26,27)24-10-8-18(9-11-24)21(25)23-19-5-3-4-17(13-19)14-22/h3-7,12-13,18H,8-11H2,1-2H3,(H,23,25). The number of carbonyl (C=O) groups excluding carboxylic acids is 1. The molecular formula is C21H23N3O3S. The number of benzene rings is 2. The average Bonchev–Trinajstić information content (AvgIpc) is 2.70. The third-order valence-electron chi connectivity index (χ3n) is 5.20. The van der Waals surface area contributed by atoms with Gasteiger partial charge in [0, 0.05) is 24.7 Å². The van der Waals surface area contributed by atoms with Crippen LogP contribution in [0.2, 0.25) is 0 Å². The first-order chi connectivity index (χ1) is 13.3. The van der Waals surface area contributed by atoms with Gasteiger partial charge in [-0.3, -0.25) is 4.79 Å². The van der Waals surface area contributed by atoms with Crippen LogP contribution < -0.4 is 5.32 Å². The van der Waals surface area contributed by atoms with Crippen molar-refractivity contribution < 1.29 is 13.2 Å². The highest BCUT2D eigenvalue weighted by atomic mass is 32.2. The predicted octanol–water partition coefficient (Wildman–Crippen LogP) is 3.21. The van der Waals surface area contributed by atoms with E-state index < -0.39 is 10.0 Å². The first-order valence-corrected chi connectivity index (χ1v) is 10.6. The van der Waals surface area contributed by atoms with Crippen LogP contribution in [-0.2, 0) is 14.8 Å². The lowest BCUT2D eigenvalue weighted by Gasteiger charge is -2.30. The fourth-order valence-electron chi connectivity index (χ4n) is 3.29. The van der Waals surface area contributed by atoms with E-state index in [1.54, 1.807) is 36.4 Å². The summed E-state index contributed by atoms with van der Waals surface area (Å²) in [7, 11) is -3.55. The van der Waals surface area contributed by atoms with Crippen LogP contribution in [0.15, 0.2) is 47.4 Å². The first-order valence-electron chi connectivity index (χ1n) is 9.19. The maximum Gasteiger partial charge on any atom is 0.243 e. The van der Waals surface area contributed by atoms with Crippen molar-refractivity contribution in [1.82, 2.24) is 4.31 Å². The van der Waals surface area contributed by atoms with Crippen molar-refractivity contribution in [3.8, 4) is 6.07 Å². The van der Waals surface area contributed by atoms with E-state index >= 15 is 0 Å². The van der Waals surface area contributed by atoms with Crippen LogP contribution in [0.1, 0.15) is 29.5 Å². The molecule has 2 aromatic rings. The van der Waals surface area contributed by atoms with Crippen LogP contribution >= 0.6 is 0 Å². The van der Waals surface area contributed by atoms with Crippen molar-refractivity contribution in [3.63, 3.8) is 0 Å². The second kappa shape index (κ2) is 8.13. The fraction of sp³-hybridized carbons (Fsp3) is 0.333. The van der Waals surface area contributed by atoms with Gasteiger partial charge in [0.25, 0.3) is 0 Å². The third kappa shape index (κ3) is 4.24. The lowest BCUT2D eigenvalue weighted by Crippen LogP contribution is -2.41. The van der Waals surface area contributed by atoms with E-state index in [2.05, 4.69) is 5.32 Å². The second-order valence-corrected chi connectivity index (χ2v) is 9.04. The maximum atomic E-state index is 12.9. The molecule has 146 valence electrons. The van der Waals surface area contributed by atoms with Gasteiger partial charge < -0.3 is 5.32 Å². The van der Waals surface area contributed by atoms with Crippen molar-refractivity contribution in [2.75, 3.05) is 18.4 Å². The summed E-state index contributed by atoms with van der Waals surface area (Å²) in [6, 6.07) is 13.9. The number of anilines is 1. The van der Waals surface area contributed by atoms with Gasteiger partial charge in [0.15, 0.2) is 0 Å². The number of hydrogen-bond acceptors (Lipinski definition) is 4. The topological polar surface area (TPSA) is 90.3 Å². The SMILES string of the molecule is Cc1ccc(S(=O)(=O)N2CCC(C(=O)Nc3cccc(C#N)c3)CC2)cc1C. The molecule has 0 aromatic heterocycles. The Kier molecular flexibility index (Phi) is 5.82. The third-order valence-corrected chi connectivity index (χ3v) is 7.09. The number of nitriles is 1. The molecule has 0 aliphatic carbocycles. The van der Waals surface area contributed by atoms with Gasteiger partial charge >= 0.3 is 0 Å². The molecule has 1 saturated heterocycles. The van der Waals surface area contributed by atoms with Gasteiger partial charge in [-0.25, -0.2) is 8.42 Å². The molecule has 0 unspecified atom stereocenters. The molecule has 1 amide bonds. The monoisotopic (exact) mass is 397 g/mol. The minimum atomic E-state index is -3.55. The Hall–Kier alpha value is -2.69. The number of carbonyl (C=O) groups is 1. The summed E-state index contributed by atoms with van der Waals surface area (Å²) in [4.78, 5) is 12.8. The van der Waals surface area contributed by atoms with Crippen molar-refractivity contribution in [3.05, 3.63) is 59.2 Å². The van der Waals surface area contributed by atoms with Gasteiger partial charge in [-0.05, 0) is 68.1 Å². The van der Waals surface area contributed by atoms with Crippen LogP contribution in [0.5, 0.6) is 0 Å². The molecular weight excluding hydrogens is 374 g/mol. The molecule has 6 nitrogen and oxygen atoms in total. The molecule has 1 aliphatic heterocycles. The second-order valence-electron chi connectivity index (χ2n) is 7.11. The molecule has 1 fully saturated rings. The highest BCUT2D eigenvalue weighted by molar-refractivity contribution is 7.89. The van der Waals surface area contributed by atoms with Crippen molar-refractivity contribution in [2.45, 2.75) is 31.6 Å². The summed E-state index contributed by atoms with van der Waals surface area (Å²) in [6.45, 7) is 4.46. The molecule has 0 spiro atoms. The van der Waals surface area contributed by atoms with Crippen LogP contribution in [-0.4, -0.2) is 31.7 Å². The molecule has 0 atom stereocenters. The number of amides is 1. The van der Waals surface area contributed by atoms with Crippen molar-refractivity contribution in [2.24, 2.45) is 5.92 Å². The molecule has 0 radical (unpaired) electrons. The fourth-order valence-corrected chi connectivity index (χ4v) is 4.85. The zero-order chi connectivity index (χ0) is 20.3. The maximum absolute atomic E-state index is 12.9. The Morgan fingerprint density at radius 3 is 2.46 bits per heavy atom. The molecule has 28 heavy (non-hydrogen) atoms. The zero-order valence-corrected chi connectivity index (χ0v) is 16.8. The van der Waals surface area contributed by atoms with Gasteiger partial charge in [-0.1, -0.05) is 12.1 Å². The van der Waals surface area contributed by atoms with E-state index in [1.165, 1.54) is 4.31 Å². The quantitative estimate of drug-likeness (QED) is 0.858. The predicted molar refractivity (Wildman–Crippen MR) is 107 cm³/mol. The Labute approximate surface area is 165 Å². The zero-order valence-electron chi connectivity index (χ0n) is 16.0. The van der Waals surface area contributed by atoms with E-state index in [0.717, 1.165) is 11.1 Å². The Balaban J connectivity index is 1.64. The molecule has 2 aromatic carbocycles. The lowest BCUT2D eigenvalue weighted by molar-refractivity contribution is -0.120. The van der Waals surface area contributed by atoms with Gasteiger partial charge in [0.1, 0.15) is 0 Å². The summed E-state index contributed by atoms with van der Waals surface area (Å²) < 4.78 is 27.2. The molecule has 0 bridgehead atoms. The summed E-state index contributed by atoms with van der Waals surface area (Å²) in [5.74, 6) is -0.393. The summed E-state index contributed by atoms with van der Waals surface area (Å²) in [5.41, 5.74) is 3.05. The Bertz CT molecular complexity index is 1030. The van der Waals surface area contributed by atoms with Crippen LogP contribution in [0, 0.1) is 31.1 Å². The number of piperidine rings is 1. The number of nitrogens with zero attached hydrogens (tertiary/aromatic N) is 2. The van der Waals surface area contributed by atoms with E-state index in [9.17, 15) is 13.2 Å². The number of aryl methyl sites for hydroxylation is 2. The minimum Gasteiger partial charge on any atom is -0.326 e. The van der Waals surface area contributed by atoms with E-state index in [4.69, 9.17) is 5.26 Å². The Morgan fingerprint density at radius 2 is 1.82 bits per heavy atom. The number of rotatable bonds is 4. The van der Waals surface area contributed by atoms with Crippen LogP contribution in [0.3, 0.4) is 0 Å². The lowest BCUT2D eigenvalue weighted by atomic mass is 9.97. The van der Waals surface area contributed by atoms with Gasteiger partial charge in [-0.2, -0.15) is 9.57 Å². The average molecular weight is 398 g/mol. The molecule has 0 saturated carbocycles. The minimum absolute atomic E-state index is 0.140. The smallest absolute Gasteiger partial charge is 0.243 e. The largest absolute Gasteiger partial charge is 0.326 e. The molecule has 3 rings (SSSR count). The van der Waals surface area contributed by atoms with Gasteiger partial charge in [0.2, 0.25) is 15.9 Å². The summed E-state index contributed by atoms with van der Waals surface area (Å²) >= 11 is 0. The number of sulfonamides is 1. The highest BCUT2D eigenvalue weighted by Gasteiger charge is 2.32. The molecule has 1 N–H and O–H groups in total. The van der Waals surface area contributed by atoms with Crippen LogP contribution in [0.4, 0.5) is 5.69 Å². The van der Waals surface area contributed by atoms with E-state index in [0.29, 0.717) is 42.1 Å². The number of hydrogen-bond donors (Lipinski definition) is 1. The number of nitrogens with one attached hydrogen (secondary N) is 1. The van der Waals surface area contributed by atoms with Gasteiger partial charge in [0.05, 0.1) is 16.5 Å². The molecule has 1 heterocycles. The van der Waals surface area contributed by atoms with E-state index in [1.807, 2.05) is 26.0 Å². The summed E-state index contributed by atoms with van der Waals surface area (Å²) in [6.07, 6.45) is 0.932. The van der Waals surface area contributed by atoms with Crippen molar-refractivity contribution in [1.29, 1.82) is 5.26 Å². The van der Waals surface area contributed by atoms with Crippen molar-refractivity contribution >= 4 is 21.6 Å². The van der Waals surface area contributed by atoms with Crippen LogP contribution in [0.25, 0.3) is 0 Å². The molecule has 1 aliphatic rings. The first kappa shape index (κ1) is 20.1. The van der Waals surface area contributed by atoms with Gasteiger partial charge in [-0.15, -0.1) is 0 Å². The normalized spacial score (nSPS) is 15.8. The van der Waals surface area contributed by atoms with E-state index in [-0.39, 0.29) is 11.8 Å². The summed E-state index contributed by atoms with van der Waals surface area (Å²) in [5, 5.41) is 11.8. The Morgan fingerprint density at radius 1 is 1.11 bits per heavy atom. The molecule has 7 heteroatoms.